The zero-order valence-electron chi connectivity index (χ0n) is 20.5. The molecular weight excluding hydrogens is 576 g/mol. The highest BCUT2D eigenvalue weighted by Crippen LogP contribution is 2.33. The summed E-state index contributed by atoms with van der Waals surface area (Å²) in [5, 5.41) is 18.0. The lowest BCUT2D eigenvalue weighted by atomic mass is 9.99. The van der Waals surface area contributed by atoms with Gasteiger partial charge in [0, 0.05) is 43.6 Å². The number of aliphatic carboxylic acids is 2. The quantitative estimate of drug-likeness (QED) is 0.442. The number of hydrogen-bond donors (Lipinski definition) is 3. The van der Waals surface area contributed by atoms with Crippen molar-refractivity contribution in [1.82, 2.24) is 15.2 Å². The topological polar surface area (TPSA) is 129 Å². The molecule has 3 N–H and O–H groups in total. The minimum absolute atomic E-state index is 0.0325. The minimum atomic E-state index is -5.08. The zero-order valence-corrected chi connectivity index (χ0v) is 21.2. The predicted octanol–water partition coefficient (Wildman–Crippen LogP) is 3.91. The molecule has 220 valence electrons. The molecule has 0 radical (unpaired) electrons. The monoisotopic (exact) mass is 599 g/mol. The summed E-state index contributed by atoms with van der Waals surface area (Å²) in [6, 6.07) is 11.8. The van der Waals surface area contributed by atoms with Gasteiger partial charge in [0.1, 0.15) is 0 Å². The number of alkyl halides is 6. The SMILES string of the molecule is O=C(NCc1cccnc1)C1CC2CN(Cc3ccc(Cl)cc3)CC1O2.O=C(O)C(F)(F)F.O=C(O)C(F)(F)F. The normalized spacial score (nSPS) is 20.3. The molecule has 2 fully saturated rings. The van der Waals surface area contributed by atoms with E-state index in [4.69, 9.17) is 36.1 Å². The molecule has 16 heteroatoms. The van der Waals surface area contributed by atoms with Gasteiger partial charge in [-0.25, -0.2) is 9.59 Å². The molecule has 2 saturated heterocycles. The van der Waals surface area contributed by atoms with Crippen LogP contribution in [0.4, 0.5) is 26.3 Å². The van der Waals surface area contributed by atoms with E-state index in [1.54, 1.807) is 12.4 Å². The van der Waals surface area contributed by atoms with E-state index in [0.29, 0.717) is 6.54 Å². The van der Waals surface area contributed by atoms with E-state index in [1.165, 1.54) is 5.56 Å². The van der Waals surface area contributed by atoms with Crippen molar-refractivity contribution in [2.24, 2.45) is 5.92 Å². The molecule has 40 heavy (non-hydrogen) atoms. The number of morpholine rings is 1. The van der Waals surface area contributed by atoms with Crippen LogP contribution in [0.25, 0.3) is 0 Å². The van der Waals surface area contributed by atoms with E-state index in [1.807, 2.05) is 24.3 Å². The number of benzene rings is 1. The Balaban J connectivity index is 0.000000333. The second kappa shape index (κ2) is 14.3. The van der Waals surface area contributed by atoms with Crippen LogP contribution in [-0.4, -0.2) is 75.6 Å². The molecule has 2 aliphatic heterocycles. The van der Waals surface area contributed by atoms with E-state index in [-0.39, 0.29) is 24.0 Å². The van der Waals surface area contributed by atoms with Crippen LogP contribution >= 0.6 is 11.6 Å². The number of likely N-dealkylation sites (tertiary alicyclic amines) is 1. The van der Waals surface area contributed by atoms with Crippen molar-refractivity contribution in [3.63, 3.8) is 0 Å². The van der Waals surface area contributed by atoms with Gasteiger partial charge in [0.05, 0.1) is 18.1 Å². The van der Waals surface area contributed by atoms with Gasteiger partial charge in [0.15, 0.2) is 0 Å². The Labute approximate surface area is 228 Å². The molecule has 3 atom stereocenters. The van der Waals surface area contributed by atoms with E-state index >= 15 is 0 Å². The molecule has 2 aromatic rings. The number of pyridine rings is 1. The molecule has 4 rings (SSSR count). The van der Waals surface area contributed by atoms with Crippen LogP contribution in [-0.2, 0) is 32.2 Å². The molecule has 2 bridgehead atoms. The lowest BCUT2D eigenvalue weighted by Gasteiger charge is -2.32. The highest BCUT2D eigenvalue weighted by molar-refractivity contribution is 6.30. The maximum absolute atomic E-state index is 12.6. The standard InChI is InChI=1S/C20H22ClN3O2.2C2HF3O2/c21-16-5-3-14(4-6-16)11-24-12-17-8-18(19(13-24)26-17)20(25)23-10-15-2-1-7-22-9-15;2*3-2(4,5)1(6)7/h1-7,9,17-19H,8,10-13H2,(H,23,25);2*(H,6,7). The van der Waals surface area contributed by atoms with Gasteiger partial charge in [-0.2, -0.15) is 26.3 Å². The number of ether oxygens (including phenoxy) is 1. The fourth-order valence-electron chi connectivity index (χ4n) is 3.81. The number of hydrogen-bond acceptors (Lipinski definition) is 6. The third-order valence-corrected chi connectivity index (χ3v) is 5.82. The van der Waals surface area contributed by atoms with Crippen LogP contribution in [0.1, 0.15) is 17.5 Å². The predicted molar refractivity (Wildman–Crippen MR) is 127 cm³/mol. The van der Waals surface area contributed by atoms with Crippen LogP contribution in [0, 0.1) is 5.92 Å². The minimum Gasteiger partial charge on any atom is -0.475 e. The summed E-state index contributed by atoms with van der Waals surface area (Å²) in [4.78, 5) is 36.9. The van der Waals surface area contributed by atoms with Gasteiger partial charge >= 0.3 is 24.3 Å². The number of carbonyl (C=O) groups is 3. The van der Waals surface area contributed by atoms with Crippen molar-refractivity contribution >= 4 is 29.4 Å². The van der Waals surface area contributed by atoms with E-state index < -0.39 is 24.3 Å². The van der Waals surface area contributed by atoms with Crippen LogP contribution < -0.4 is 5.32 Å². The van der Waals surface area contributed by atoms with Gasteiger partial charge in [0.25, 0.3) is 0 Å². The second-order valence-electron chi connectivity index (χ2n) is 8.64. The summed E-state index contributed by atoms with van der Waals surface area (Å²) in [5.41, 5.74) is 2.24. The molecule has 3 heterocycles. The number of amides is 1. The molecule has 1 aromatic heterocycles. The first-order valence-corrected chi connectivity index (χ1v) is 11.8. The molecule has 0 saturated carbocycles. The Morgan fingerprint density at radius 2 is 1.55 bits per heavy atom. The molecule has 0 spiro atoms. The summed E-state index contributed by atoms with van der Waals surface area (Å²) in [7, 11) is 0. The lowest BCUT2D eigenvalue weighted by molar-refractivity contribution is -0.193. The Morgan fingerprint density at radius 3 is 2.05 bits per heavy atom. The summed E-state index contributed by atoms with van der Waals surface area (Å²) in [5.74, 6) is -5.51. The number of carboxylic acid groups (broad SMARTS) is 2. The van der Waals surface area contributed by atoms with Crippen molar-refractivity contribution < 1.29 is 55.7 Å². The highest BCUT2D eigenvalue weighted by atomic mass is 35.5. The molecular formula is C24H24ClF6N3O6. The Bertz CT molecular complexity index is 1110. The average Bonchev–Trinajstić information content (AvgIpc) is 3.18. The Kier molecular flexibility index (Phi) is 11.7. The first-order valence-electron chi connectivity index (χ1n) is 11.4. The fraction of sp³-hybridized carbons (Fsp3) is 0.417. The number of fused-ring (bicyclic) bond motifs is 2. The van der Waals surface area contributed by atoms with Gasteiger partial charge in [-0.15, -0.1) is 0 Å². The number of nitrogens with zero attached hydrogens (tertiary/aromatic N) is 2. The van der Waals surface area contributed by atoms with Crippen LogP contribution in [0.5, 0.6) is 0 Å². The third-order valence-electron chi connectivity index (χ3n) is 5.56. The van der Waals surface area contributed by atoms with Crippen LogP contribution in [0.3, 0.4) is 0 Å². The van der Waals surface area contributed by atoms with Gasteiger partial charge in [-0.1, -0.05) is 29.8 Å². The highest BCUT2D eigenvalue weighted by Gasteiger charge is 2.44. The average molecular weight is 600 g/mol. The van der Waals surface area contributed by atoms with Crippen molar-refractivity contribution in [1.29, 1.82) is 0 Å². The Morgan fingerprint density at radius 1 is 0.975 bits per heavy atom. The summed E-state index contributed by atoms with van der Waals surface area (Å²) < 4.78 is 69.5. The summed E-state index contributed by atoms with van der Waals surface area (Å²) in [6.07, 6.45) is -5.77. The number of carbonyl (C=O) groups excluding carboxylic acids is 1. The van der Waals surface area contributed by atoms with E-state index in [0.717, 1.165) is 36.6 Å². The third kappa shape index (κ3) is 11.0. The summed E-state index contributed by atoms with van der Waals surface area (Å²) >= 11 is 5.96. The van der Waals surface area contributed by atoms with Crippen LogP contribution in [0.15, 0.2) is 48.8 Å². The first-order chi connectivity index (χ1) is 18.6. The number of carboxylic acids is 2. The maximum atomic E-state index is 12.6. The largest absolute Gasteiger partial charge is 0.490 e. The number of halogens is 7. The van der Waals surface area contributed by atoms with Gasteiger partial charge in [-0.05, 0) is 35.7 Å². The lowest BCUT2D eigenvalue weighted by Crippen LogP contribution is -2.44. The van der Waals surface area contributed by atoms with E-state index in [2.05, 4.69) is 27.3 Å². The van der Waals surface area contributed by atoms with Crippen LogP contribution in [0.2, 0.25) is 5.02 Å². The number of nitrogens with one attached hydrogen (secondary N) is 1. The smallest absolute Gasteiger partial charge is 0.475 e. The van der Waals surface area contributed by atoms with Crippen molar-refractivity contribution in [3.05, 3.63) is 64.9 Å². The Hall–Kier alpha value is -3.43. The molecule has 1 aromatic carbocycles. The fourth-order valence-corrected chi connectivity index (χ4v) is 3.94. The summed E-state index contributed by atoms with van der Waals surface area (Å²) in [6.45, 7) is 3.02. The van der Waals surface area contributed by atoms with Gasteiger partial charge in [0.2, 0.25) is 5.91 Å². The molecule has 9 nitrogen and oxygen atoms in total. The zero-order chi connectivity index (χ0) is 30.1. The second-order valence-corrected chi connectivity index (χ2v) is 9.08. The molecule has 2 aliphatic rings. The molecule has 3 unspecified atom stereocenters. The number of rotatable bonds is 5. The molecule has 1 amide bonds. The number of aromatic nitrogens is 1. The first kappa shape index (κ1) is 32.8. The van der Waals surface area contributed by atoms with Crippen molar-refractivity contribution in [2.75, 3.05) is 13.1 Å². The molecule has 0 aliphatic carbocycles. The van der Waals surface area contributed by atoms with Gasteiger partial charge in [-0.3, -0.25) is 14.7 Å². The van der Waals surface area contributed by atoms with E-state index in [9.17, 15) is 31.1 Å². The van der Waals surface area contributed by atoms with Crippen molar-refractivity contribution in [2.45, 2.75) is 44.1 Å². The van der Waals surface area contributed by atoms with Crippen molar-refractivity contribution in [3.8, 4) is 0 Å². The maximum Gasteiger partial charge on any atom is 0.490 e. The van der Waals surface area contributed by atoms with Gasteiger partial charge < -0.3 is 20.3 Å².